The number of hydrogen-bond acceptors (Lipinski definition) is 7. The number of nitrogens with one attached hydrogen (secondary N) is 2. The minimum Gasteiger partial charge on any atom is -0.497 e. The zero-order valence-electron chi connectivity index (χ0n) is 18.6. The van der Waals surface area contributed by atoms with Crippen LogP contribution in [0.5, 0.6) is 11.5 Å². The monoisotopic (exact) mass is 513 g/mol. The standard InChI is InChI=1S/C24H20FN3O5S2/c1-32-18-8-11-22(33-2)20(13-18)21-14-34-24(26-21)27-23(29)15-4-3-5-17(12-15)28-35(30,31)19-9-6-16(25)7-10-19/h3-14,28H,1-2H3,(H,26,27,29). The van der Waals surface area contributed by atoms with E-state index in [4.69, 9.17) is 9.47 Å². The van der Waals surface area contributed by atoms with Crippen LogP contribution in [0.15, 0.2) is 77.0 Å². The lowest BCUT2D eigenvalue weighted by Gasteiger charge is -2.10. The number of halogens is 1. The number of aromatic nitrogens is 1. The molecular weight excluding hydrogens is 493 g/mol. The van der Waals surface area contributed by atoms with Gasteiger partial charge in [0.1, 0.15) is 17.3 Å². The first kappa shape index (κ1) is 24.2. The number of carbonyl (C=O) groups excluding carboxylic acids is 1. The molecule has 4 rings (SSSR count). The second kappa shape index (κ2) is 10.1. The SMILES string of the molecule is COc1ccc(OC)c(-c2csc(NC(=O)c3cccc(NS(=O)(=O)c4ccc(F)cc4)c3)n2)c1. The number of anilines is 2. The number of hydrogen-bond donors (Lipinski definition) is 2. The maximum Gasteiger partial charge on any atom is 0.261 e. The van der Waals surface area contributed by atoms with Gasteiger partial charge in [-0.25, -0.2) is 17.8 Å². The molecule has 4 aromatic rings. The summed E-state index contributed by atoms with van der Waals surface area (Å²) >= 11 is 1.23. The number of nitrogens with zero attached hydrogens (tertiary/aromatic N) is 1. The van der Waals surface area contributed by atoms with Gasteiger partial charge >= 0.3 is 0 Å². The van der Waals surface area contributed by atoms with Crippen molar-refractivity contribution in [2.24, 2.45) is 0 Å². The van der Waals surface area contributed by atoms with E-state index in [-0.39, 0.29) is 16.1 Å². The molecular formula is C24H20FN3O5S2. The molecule has 0 bridgehead atoms. The van der Waals surface area contributed by atoms with Gasteiger partial charge in [-0.3, -0.25) is 14.8 Å². The molecule has 0 aliphatic heterocycles. The van der Waals surface area contributed by atoms with E-state index in [0.717, 1.165) is 24.3 Å². The van der Waals surface area contributed by atoms with Gasteiger partial charge in [0.15, 0.2) is 5.13 Å². The van der Waals surface area contributed by atoms with Crippen molar-refractivity contribution in [3.05, 3.63) is 83.5 Å². The summed E-state index contributed by atoms with van der Waals surface area (Å²) in [5.74, 6) is 0.235. The lowest BCUT2D eigenvalue weighted by atomic mass is 10.1. The molecule has 1 aromatic heterocycles. The third-order valence-corrected chi connectivity index (χ3v) is 7.06. The molecule has 2 N–H and O–H groups in total. The highest BCUT2D eigenvalue weighted by atomic mass is 32.2. The second-order valence-corrected chi connectivity index (χ2v) is 9.74. The highest BCUT2D eigenvalue weighted by molar-refractivity contribution is 7.92. The summed E-state index contributed by atoms with van der Waals surface area (Å²) < 4.78 is 51.3. The van der Waals surface area contributed by atoms with E-state index in [1.807, 2.05) is 0 Å². The van der Waals surface area contributed by atoms with Crippen LogP contribution in [0.4, 0.5) is 15.2 Å². The maximum atomic E-state index is 13.1. The lowest BCUT2D eigenvalue weighted by Crippen LogP contribution is -2.15. The molecule has 0 saturated heterocycles. The van der Waals surface area contributed by atoms with Crippen molar-refractivity contribution in [2.75, 3.05) is 24.3 Å². The molecule has 35 heavy (non-hydrogen) atoms. The second-order valence-electron chi connectivity index (χ2n) is 7.20. The summed E-state index contributed by atoms with van der Waals surface area (Å²) in [5, 5.41) is 4.85. The summed E-state index contributed by atoms with van der Waals surface area (Å²) in [6.07, 6.45) is 0. The van der Waals surface area contributed by atoms with Crippen molar-refractivity contribution in [1.82, 2.24) is 4.98 Å². The molecule has 0 fully saturated rings. The van der Waals surface area contributed by atoms with Crippen molar-refractivity contribution in [3.63, 3.8) is 0 Å². The van der Waals surface area contributed by atoms with E-state index < -0.39 is 21.7 Å². The molecule has 11 heteroatoms. The van der Waals surface area contributed by atoms with Gasteiger partial charge in [0.2, 0.25) is 0 Å². The number of methoxy groups -OCH3 is 2. The average Bonchev–Trinajstić information content (AvgIpc) is 3.32. The average molecular weight is 514 g/mol. The Morgan fingerprint density at radius 1 is 1.00 bits per heavy atom. The molecule has 0 atom stereocenters. The molecule has 0 spiro atoms. The van der Waals surface area contributed by atoms with Crippen LogP contribution in [0.25, 0.3) is 11.3 Å². The number of ether oxygens (including phenoxy) is 2. The van der Waals surface area contributed by atoms with Crippen LogP contribution in [0.2, 0.25) is 0 Å². The normalized spacial score (nSPS) is 11.1. The van der Waals surface area contributed by atoms with E-state index in [9.17, 15) is 17.6 Å². The van der Waals surface area contributed by atoms with Crippen molar-refractivity contribution in [3.8, 4) is 22.8 Å². The number of amides is 1. The van der Waals surface area contributed by atoms with Crippen LogP contribution in [0.3, 0.4) is 0 Å². The Balaban J connectivity index is 1.51. The number of benzene rings is 3. The topological polar surface area (TPSA) is 107 Å². The van der Waals surface area contributed by atoms with Gasteiger partial charge in [-0.1, -0.05) is 6.07 Å². The fourth-order valence-electron chi connectivity index (χ4n) is 3.19. The van der Waals surface area contributed by atoms with Crippen molar-refractivity contribution in [1.29, 1.82) is 0 Å². The van der Waals surface area contributed by atoms with Crippen LogP contribution < -0.4 is 19.5 Å². The Morgan fingerprint density at radius 2 is 1.77 bits per heavy atom. The zero-order chi connectivity index (χ0) is 25.0. The van der Waals surface area contributed by atoms with Crippen LogP contribution in [0.1, 0.15) is 10.4 Å². The van der Waals surface area contributed by atoms with E-state index in [0.29, 0.717) is 27.9 Å². The van der Waals surface area contributed by atoms with Crippen LogP contribution >= 0.6 is 11.3 Å². The highest BCUT2D eigenvalue weighted by Crippen LogP contribution is 2.35. The predicted octanol–water partition coefficient (Wildman–Crippen LogP) is 5.02. The Morgan fingerprint density at radius 3 is 2.49 bits per heavy atom. The number of thiazole rings is 1. The molecule has 8 nitrogen and oxygen atoms in total. The molecule has 0 radical (unpaired) electrons. The van der Waals surface area contributed by atoms with Gasteiger partial charge in [-0.2, -0.15) is 0 Å². The lowest BCUT2D eigenvalue weighted by molar-refractivity contribution is 0.102. The largest absolute Gasteiger partial charge is 0.497 e. The fourth-order valence-corrected chi connectivity index (χ4v) is 4.95. The number of carbonyl (C=O) groups is 1. The number of rotatable bonds is 8. The summed E-state index contributed by atoms with van der Waals surface area (Å²) in [6, 6.07) is 15.8. The summed E-state index contributed by atoms with van der Waals surface area (Å²) in [7, 11) is -0.837. The van der Waals surface area contributed by atoms with Crippen molar-refractivity contribution in [2.45, 2.75) is 4.90 Å². The first-order chi connectivity index (χ1) is 16.8. The highest BCUT2D eigenvalue weighted by Gasteiger charge is 2.17. The van der Waals surface area contributed by atoms with E-state index in [1.165, 1.54) is 23.5 Å². The van der Waals surface area contributed by atoms with Crippen LogP contribution in [-0.2, 0) is 10.0 Å². The van der Waals surface area contributed by atoms with Crippen molar-refractivity contribution >= 4 is 38.1 Å². The minimum absolute atomic E-state index is 0.1000. The van der Waals surface area contributed by atoms with E-state index in [1.54, 1.807) is 49.9 Å². The molecule has 3 aromatic carbocycles. The molecule has 1 heterocycles. The number of sulfonamides is 1. The maximum absolute atomic E-state index is 13.1. The Labute approximate surface area is 205 Å². The summed E-state index contributed by atoms with van der Waals surface area (Å²) in [6.45, 7) is 0. The van der Waals surface area contributed by atoms with Gasteiger partial charge in [-0.05, 0) is 60.7 Å². The molecule has 0 unspecified atom stereocenters. The Hall–Kier alpha value is -3.96. The first-order valence-corrected chi connectivity index (χ1v) is 12.5. The predicted molar refractivity (Wildman–Crippen MR) is 132 cm³/mol. The van der Waals surface area contributed by atoms with Gasteiger partial charge in [0.05, 0.1) is 24.8 Å². The third kappa shape index (κ3) is 5.58. The Kier molecular flexibility index (Phi) is 6.99. The first-order valence-electron chi connectivity index (χ1n) is 10.2. The fraction of sp³-hybridized carbons (Fsp3) is 0.0833. The van der Waals surface area contributed by atoms with E-state index >= 15 is 0 Å². The van der Waals surface area contributed by atoms with E-state index in [2.05, 4.69) is 15.0 Å². The van der Waals surface area contributed by atoms with Crippen molar-refractivity contribution < 1.29 is 27.1 Å². The summed E-state index contributed by atoms with van der Waals surface area (Å²) in [4.78, 5) is 17.2. The molecule has 0 saturated carbocycles. The molecule has 180 valence electrons. The quantitative estimate of drug-likeness (QED) is 0.343. The van der Waals surface area contributed by atoms with Gasteiger partial charge in [0.25, 0.3) is 15.9 Å². The third-order valence-electron chi connectivity index (χ3n) is 4.91. The van der Waals surface area contributed by atoms with Crippen LogP contribution in [-0.4, -0.2) is 33.5 Å². The molecule has 0 aliphatic carbocycles. The van der Waals surface area contributed by atoms with Gasteiger partial charge in [0, 0.05) is 22.2 Å². The molecule has 0 aliphatic rings. The molecule has 1 amide bonds. The smallest absolute Gasteiger partial charge is 0.261 e. The zero-order valence-corrected chi connectivity index (χ0v) is 20.2. The van der Waals surface area contributed by atoms with Gasteiger partial charge in [-0.15, -0.1) is 11.3 Å². The Bertz CT molecular complexity index is 1470. The minimum atomic E-state index is -3.95. The van der Waals surface area contributed by atoms with Gasteiger partial charge < -0.3 is 9.47 Å². The summed E-state index contributed by atoms with van der Waals surface area (Å²) in [5.41, 5.74) is 1.71. The van der Waals surface area contributed by atoms with Crippen LogP contribution in [0, 0.1) is 5.82 Å².